The number of nitrogens with zero attached hydrogens (tertiary/aromatic N) is 4. The van der Waals surface area contributed by atoms with Crippen LogP contribution in [0.1, 0.15) is 55.0 Å². The molecular formula is C69H52N4. The van der Waals surface area contributed by atoms with Gasteiger partial charge in [-0.3, -0.25) is 0 Å². The molecule has 1 aliphatic rings. The quantitative estimate of drug-likeness (QED) is 0.115. The van der Waals surface area contributed by atoms with Gasteiger partial charge in [0.25, 0.3) is 0 Å². The van der Waals surface area contributed by atoms with Crippen molar-refractivity contribution >= 4 is 50.5 Å². The Balaban J connectivity index is 1.06. The average molecular weight is 937 g/mol. The van der Waals surface area contributed by atoms with Crippen molar-refractivity contribution in [2.45, 2.75) is 32.6 Å². The van der Waals surface area contributed by atoms with Crippen molar-refractivity contribution < 1.29 is 0 Å². The van der Waals surface area contributed by atoms with E-state index in [1.807, 2.05) is 84.9 Å². The van der Waals surface area contributed by atoms with Gasteiger partial charge in [-0.25, -0.2) is 0 Å². The highest BCUT2D eigenvalue weighted by molar-refractivity contribution is 6.00. The largest absolute Gasteiger partial charge is 0.309 e. The summed E-state index contributed by atoms with van der Waals surface area (Å²) in [6, 6.07) is 83.6. The van der Waals surface area contributed by atoms with Crippen LogP contribution in [-0.2, 0) is 5.41 Å². The Morgan fingerprint density at radius 2 is 0.945 bits per heavy atom. The van der Waals surface area contributed by atoms with E-state index in [4.69, 9.17) is 0 Å². The summed E-state index contributed by atoms with van der Waals surface area (Å²) in [5, 5.41) is 24.4. The monoisotopic (exact) mass is 936 g/mol. The first-order valence-corrected chi connectivity index (χ1v) is 24.9. The summed E-state index contributed by atoms with van der Waals surface area (Å²) >= 11 is 0. The number of allylic oxidation sites excluding steroid dienone is 3. The van der Waals surface area contributed by atoms with E-state index in [2.05, 4.69) is 201 Å². The molecule has 0 fully saturated rings. The molecule has 0 amide bonds. The molecule has 4 heteroatoms. The molecule has 0 aliphatic heterocycles. The maximum absolute atomic E-state index is 11.1. The van der Waals surface area contributed by atoms with E-state index in [9.17, 15) is 10.5 Å². The Morgan fingerprint density at radius 1 is 0.452 bits per heavy atom. The van der Waals surface area contributed by atoms with Crippen LogP contribution in [0.2, 0.25) is 0 Å². The fourth-order valence-electron chi connectivity index (χ4n) is 10.8. The van der Waals surface area contributed by atoms with Crippen molar-refractivity contribution in [2.24, 2.45) is 0 Å². The second-order valence-corrected chi connectivity index (χ2v) is 19.1. The van der Waals surface area contributed by atoms with E-state index in [-0.39, 0.29) is 5.41 Å². The molecule has 10 aromatic rings. The second kappa shape index (κ2) is 19.4. The SMILES string of the molecule is C=C/C(=C\CC)c1cc(-c2ccccc2)cc(C#N)c1N(c1ccccc1)c1ccc2cc3c(cc2c1)C(C)(C)c1cc(N(c2ccccc2)c2c(C#N)cc(-c4ccccc4)cc2-c2ccccc2)ccc1-3. The van der Waals surface area contributed by atoms with Crippen molar-refractivity contribution in [1.82, 2.24) is 0 Å². The van der Waals surface area contributed by atoms with Crippen molar-refractivity contribution in [2.75, 3.05) is 9.80 Å². The number of nitriles is 2. The molecule has 0 spiro atoms. The highest BCUT2D eigenvalue weighted by Gasteiger charge is 2.37. The second-order valence-electron chi connectivity index (χ2n) is 19.1. The molecule has 348 valence electrons. The van der Waals surface area contributed by atoms with Gasteiger partial charge in [-0.15, -0.1) is 0 Å². The maximum Gasteiger partial charge on any atom is 0.101 e. The van der Waals surface area contributed by atoms with Crippen LogP contribution in [0.3, 0.4) is 0 Å². The minimum absolute atomic E-state index is 0.387. The summed E-state index contributed by atoms with van der Waals surface area (Å²) < 4.78 is 0. The third-order valence-electron chi connectivity index (χ3n) is 14.3. The molecule has 4 nitrogen and oxygen atoms in total. The van der Waals surface area contributed by atoms with Gasteiger partial charge < -0.3 is 9.80 Å². The van der Waals surface area contributed by atoms with Crippen molar-refractivity contribution in [1.29, 1.82) is 10.5 Å². The smallest absolute Gasteiger partial charge is 0.101 e. The van der Waals surface area contributed by atoms with Crippen LogP contribution in [0.4, 0.5) is 34.1 Å². The van der Waals surface area contributed by atoms with Crippen molar-refractivity contribution in [3.63, 3.8) is 0 Å². The zero-order chi connectivity index (χ0) is 50.1. The van der Waals surface area contributed by atoms with Gasteiger partial charge in [0.15, 0.2) is 0 Å². The van der Waals surface area contributed by atoms with E-state index >= 15 is 0 Å². The van der Waals surface area contributed by atoms with Crippen LogP contribution in [0.25, 0.3) is 60.9 Å². The van der Waals surface area contributed by atoms with Crippen LogP contribution in [0, 0.1) is 22.7 Å². The van der Waals surface area contributed by atoms with Gasteiger partial charge in [0.1, 0.15) is 12.1 Å². The summed E-state index contributed by atoms with van der Waals surface area (Å²) in [4.78, 5) is 4.50. The molecule has 0 saturated heterocycles. The fourth-order valence-corrected chi connectivity index (χ4v) is 10.8. The zero-order valence-electron chi connectivity index (χ0n) is 41.2. The van der Waals surface area contributed by atoms with E-state index in [0.717, 1.165) is 95.8 Å². The van der Waals surface area contributed by atoms with Gasteiger partial charge in [0.2, 0.25) is 0 Å². The van der Waals surface area contributed by atoms with E-state index in [1.165, 1.54) is 22.3 Å². The highest BCUT2D eigenvalue weighted by atomic mass is 15.2. The molecule has 11 rings (SSSR count). The predicted molar refractivity (Wildman–Crippen MR) is 305 cm³/mol. The van der Waals surface area contributed by atoms with E-state index in [0.29, 0.717) is 11.1 Å². The lowest BCUT2D eigenvalue weighted by Gasteiger charge is -2.31. The van der Waals surface area contributed by atoms with Gasteiger partial charge in [0, 0.05) is 39.3 Å². The predicted octanol–water partition coefficient (Wildman–Crippen LogP) is 18.8. The van der Waals surface area contributed by atoms with Crippen LogP contribution in [0.5, 0.6) is 0 Å². The van der Waals surface area contributed by atoms with E-state index < -0.39 is 0 Å². The van der Waals surface area contributed by atoms with E-state index in [1.54, 1.807) is 0 Å². The molecule has 0 radical (unpaired) electrons. The Morgan fingerprint density at radius 3 is 1.51 bits per heavy atom. The van der Waals surface area contributed by atoms with Gasteiger partial charge >= 0.3 is 0 Å². The lowest BCUT2D eigenvalue weighted by atomic mass is 9.81. The lowest BCUT2D eigenvalue weighted by Crippen LogP contribution is -2.17. The number of hydrogen-bond donors (Lipinski definition) is 0. The molecule has 0 saturated carbocycles. The standard InChI is InChI=1S/C69H52N4/c1-5-22-47(6-2)62-41-52(48-23-12-7-13-24-48)37-55(45-70)67(62)72(57-29-18-10-19-30-57)59-34-33-51-40-64-61-36-35-60(44-66(61)69(3,4)65(64)43-54(51)39-59)73(58-31-20-11-21-32-58)68-56(46-71)38-53(49-25-14-8-15-26-49)42-63(68)50-27-16-9-17-28-50/h6-44H,2,5H2,1,3-4H3/b47-22+. The third kappa shape index (κ3) is 8.36. The zero-order valence-corrected chi connectivity index (χ0v) is 41.2. The topological polar surface area (TPSA) is 54.1 Å². The minimum atomic E-state index is -0.387. The molecule has 10 aromatic carbocycles. The molecule has 0 bridgehead atoms. The average Bonchev–Trinajstić information content (AvgIpc) is 3.67. The van der Waals surface area contributed by atoms with Crippen LogP contribution in [0.15, 0.2) is 243 Å². The summed E-state index contributed by atoms with van der Waals surface area (Å²) in [6.45, 7) is 11.0. The minimum Gasteiger partial charge on any atom is -0.309 e. The van der Waals surface area contributed by atoms with Crippen LogP contribution in [-0.4, -0.2) is 0 Å². The Labute approximate surface area is 429 Å². The molecule has 1 aliphatic carbocycles. The lowest BCUT2D eigenvalue weighted by molar-refractivity contribution is 0.661. The van der Waals surface area contributed by atoms with Crippen LogP contribution < -0.4 is 9.80 Å². The van der Waals surface area contributed by atoms with Crippen LogP contribution >= 0.6 is 0 Å². The first-order chi connectivity index (χ1) is 35.8. The fraction of sp³-hybridized carbons (Fsp3) is 0.0725. The Hall–Kier alpha value is -9.48. The van der Waals surface area contributed by atoms with Gasteiger partial charge in [0.05, 0.1) is 22.5 Å². The molecule has 0 N–H and O–H groups in total. The summed E-state index contributed by atoms with van der Waals surface area (Å²) in [7, 11) is 0. The number of benzene rings is 10. The number of rotatable bonds is 12. The Kier molecular flexibility index (Phi) is 12.2. The Bertz CT molecular complexity index is 3820. The summed E-state index contributed by atoms with van der Waals surface area (Å²) in [5.41, 5.74) is 19.0. The normalized spacial score (nSPS) is 12.3. The molecule has 73 heavy (non-hydrogen) atoms. The van der Waals surface area contributed by atoms with Crippen molar-refractivity contribution in [3.05, 3.63) is 271 Å². The van der Waals surface area contributed by atoms with Crippen molar-refractivity contribution in [3.8, 4) is 56.6 Å². The number of anilines is 6. The summed E-state index contributed by atoms with van der Waals surface area (Å²) in [6.07, 6.45) is 4.90. The van der Waals surface area contributed by atoms with Gasteiger partial charge in [-0.05, 0) is 158 Å². The highest BCUT2D eigenvalue weighted by Crippen LogP contribution is 2.54. The summed E-state index contributed by atoms with van der Waals surface area (Å²) in [5.74, 6) is 0. The molecule has 0 aromatic heterocycles. The first kappa shape index (κ1) is 45.9. The molecule has 0 heterocycles. The number of hydrogen-bond acceptors (Lipinski definition) is 4. The van der Waals surface area contributed by atoms with Gasteiger partial charge in [-0.1, -0.05) is 179 Å². The van der Waals surface area contributed by atoms with Gasteiger partial charge in [-0.2, -0.15) is 10.5 Å². The number of fused-ring (bicyclic) bond motifs is 4. The third-order valence-corrected chi connectivity index (χ3v) is 14.3. The number of para-hydroxylation sites is 2. The first-order valence-electron chi connectivity index (χ1n) is 24.9. The maximum atomic E-state index is 11.1. The molecule has 0 unspecified atom stereocenters. The molecular weight excluding hydrogens is 885 g/mol. The molecule has 0 atom stereocenters.